The number of hydrogen-bond donors (Lipinski definition) is 0. The summed E-state index contributed by atoms with van der Waals surface area (Å²) in [6.07, 6.45) is 20.9. The van der Waals surface area contributed by atoms with E-state index in [1.807, 2.05) is 0 Å². The molecule has 0 radical (unpaired) electrons. The molecule has 9 aliphatic rings. The summed E-state index contributed by atoms with van der Waals surface area (Å²) in [5.41, 5.74) is -2.84. The summed E-state index contributed by atoms with van der Waals surface area (Å²) >= 11 is 0. The van der Waals surface area contributed by atoms with Gasteiger partial charge in [-0.3, -0.25) is 0 Å². The number of ether oxygens (including phenoxy) is 9. The zero-order valence-electron chi connectivity index (χ0n) is 47.1. The fourth-order valence-electron chi connectivity index (χ4n) is 13.3. The first kappa shape index (κ1) is 61.8. The van der Waals surface area contributed by atoms with Gasteiger partial charge in [-0.1, -0.05) is 39.0 Å². The Hall–Kier alpha value is -5.06. The van der Waals surface area contributed by atoms with Gasteiger partial charge in [-0.15, -0.1) is 0 Å². The van der Waals surface area contributed by atoms with Gasteiger partial charge in [-0.2, -0.15) is 0 Å². The van der Waals surface area contributed by atoms with Gasteiger partial charge in [0, 0.05) is 27.5 Å². The normalized spacial score (nSPS) is 26.9. The van der Waals surface area contributed by atoms with Crippen LogP contribution in [0.3, 0.4) is 0 Å². The molecule has 0 aromatic rings. The highest BCUT2D eigenvalue weighted by atomic mass is 16.6. The lowest BCUT2D eigenvalue weighted by Gasteiger charge is -2.56. The second-order valence-corrected chi connectivity index (χ2v) is 25.0. The number of hydrogen-bond acceptors (Lipinski definition) is 17. The van der Waals surface area contributed by atoms with Crippen LogP contribution in [0.5, 0.6) is 0 Å². The molecule has 17 heteroatoms. The maximum absolute atomic E-state index is 12.5. The van der Waals surface area contributed by atoms with E-state index in [2.05, 4.69) is 24.5 Å². The topological polar surface area (TPSA) is 220 Å². The molecule has 17 nitrogen and oxygen atoms in total. The molecule has 9 rings (SSSR count). The Morgan fingerprint density at radius 1 is 0.434 bits per heavy atom. The van der Waals surface area contributed by atoms with Crippen molar-refractivity contribution in [1.29, 1.82) is 0 Å². The summed E-state index contributed by atoms with van der Waals surface area (Å²) in [6.45, 7) is 24.6. The minimum Gasteiger partial charge on any atom is -0.463 e. The molecular formula is C59H88O17. The predicted molar refractivity (Wildman–Crippen MR) is 278 cm³/mol. The van der Waals surface area contributed by atoms with Crippen molar-refractivity contribution < 1.29 is 81.0 Å². The third kappa shape index (κ3) is 18.3. The van der Waals surface area contributed by atoms with Crippen LogP contribution in [0.25, 0.3) is 0 Å². The minimum absolute atomic E-state index is 0.0946. The number of rotatable bonds is 22. The molecule has 0 atom stereocenters. The molecular weight excluding hydrogens is 981 g/mol. The van der Waals surface area contributed by atoms with Crippen molar-refractivity contribution in [1.82, 2.24) is 0 Å². The van der Waals surface area contributed by atoms with E-state index in [0.29, 0.717) is 31.3 Å². The molecule has 0 aromatic heterocycles. The molecule has 426 valence electrons. The van der Waals surface area contributed by atoms with Crippen molar-refractivity contribution in [2.75, 3.05) is 46.2 Å². The molecule has 0 N–H and O–H groups in total. The maximum Gasteiger partial charge on any atom is 0.350 e. The Balaban J connectivity index is 0.000000211. The highest BCUT2D eigenvalue weighted by molar-refractivity contribution is 5.90. The summed E-state index contributed by atoms with van der Waals surface area (Å²) in [5.74, 6) is 0.365. The maximum atomic E-state index is 12.5. The molecule has 8 bridgehead atoms. The first-order chi connectivity index (χ1) is 35.5. The van der Waals surface area contributed by atoms with E-state index in [1.165, 1.54) is 106 Å². The van der Waals surface area contributed by atoms with Crippen molar-refractivity contribution in [2.24, 2.45) is 52.3 Å². The van der Waals surface area contributed by atoms with Gasteiger partial charge in [0.05, 0.1) is 26.4 Å². The van der Waals surface area contributed by atoms with Crippen LogP contribution in [0.1, 0.15) is 171 Å². The highest BCUT2D eigenvalue weighted by Crippen LogP contribution is 2.61. The first-order valence-electron chi connectivity index (χ1n) is 27.6. The SMILES string of the molecule is C=C(C)C(=O)OCC(=O)OC(C)(C)C(=O)OCC12CC3CC(CC(C3)C1)C2.C=C(C)C(=O)OCC(=O)OC(C)(C)C(=O)OCC1CCCCC1.C=C(C)C(=O)OCCOC(C)(C)C(=O)OCC12CC3CC(CC(C3)C1)C2. The summed E-state index contributed by atoms with van der Waals surface area (Å²) < 4.78 is 46.9. The minimum atomic E-state index is -1.42. The van der Waals surface area contributed by atoms with E-state index in [-0.39, 0.29) is 41.2 Å². The Labute approximate surface area is 450 Å². The van der Waals surface area contributed by atoms with Crippen molar-refractivity contribution in [3.05, 3.63) is 36.5 Å². The molecule has 0 heterocycles. The lowest BCUT2D eigenvalue weighted by atomic mass is 9.50. The van der Waals surface area contributed by atoms with Crippen molar-refractivity contribution in [3.63, 3.8) is 0 Å². The van der Waals surface area contributed by atoms with Gasteiger partial charge in [0.25, 0.3) is 0 Å². The standard InChI is InChI=1S/C21H30O6.C21H32O5.C17H26O6/c1-13(2)18(23)25-11-17(22)27-20(3,4)19(24)26-12-21-8-14-5-15(9-21)7-16(6-14)10-21;1-14(2)18(22)24-5-6-26-20(3,4)19(23)25-13-21-10-15-7-16(11-21)9-17(8-15)12-21;1-12(2)15(19)21-11-14(18)23-17(3,4)16(20)22-10-13-8-6-5-7-9-13/h14-16H,1,5-12H2,2-4H3;15-17H,1,5-13H2,2-4H3;13H,1,5-11H2,2-4H3. The Morgan fingerprint density at radius 2 is 0.763 bits per heavy atom. The van der Waals surface area contributed by atoms with E-state index >= 15 is 0 Å². The van der Waals surface area contributed by atoms with Crippen molar-refractivity contribution in [3.8, 4) is 0 Å². The molecule has 9 aliphatic carbocycles. The zero-order valence-corrected chi connectivity index (χ0v) is 47.1. The lowest BCUT2D eigenvalue weighted by molar-refractivity contribution is -0.187. The zero-order chi connectivity index (χ0) is 56.2. The largest absolute Gasteiger partial charge is 0.463 e. The van der Waals surface area contributed by atoms with E-state index in [1.54, 1.807) is 20.8 Å². The molecule has 9 saturated carbocycles. The number of carbonyl (C=O) groups excluding carboxylic acids is 8. The van der Waals surface area contributed by atoms with E-state index in [0.717, 1.165) is 80.5 Å². The average Bonchev–Trinajstić information content (AvgIpc) is 3.33. The fourth-order valence-corrected chi connectivity index (χ4v) is 13.3. The van der Waals surface area contributed by atoms with E-state index in [9.17, 15) is 38.4 Å². The van der Waals surface area contributed by atoms with Crippen LogP contribution in [0.4, 0.5) is 0 Å². The Bertz CT molecular complexity index is 2090. The molecule has 9 fully saturated rings. The van der Waals surface area contributed by atoms with Crippen LogP contribution in [0, 0.1) is 52.3 Å². The molecule has 0 unspecified atom stereocenters. The molecule has 0 aliphatic heterocycles. The summed E-state index contributed by atoms with van der Waals surface area (Å²) in [5, 5.41) is 0. The smallest absolute Gasteiger partial charge is 0.350 e. The molecule has 0 saturated heterocycles. The number of esters is 8. The van der Waals surface area contributed by atoms with Crippen LogP contribution in [-0.2, 0) is 81.0 Å². The molecule has 76 heavy (non-hydrogen) atoms. The van der Waals surface area contributed by atoms with Gasteiger partial charge >= 0.3 is 47.8 Å². The van der Waals surface area contributed by atoms with Crippen LogP contribution in [0.15, 0.2) is 36.5 Å². The third-order valence-corrected chi connectivity index (χ3v) is 16.2. The second kappa shape index (κ2) is 26.5. The Kier molecular flexibility index (Phi) is 21.6. The Morgan fingerprint density at radius 3 is 1.12 bits per heavy atom. The summed E-state index contributed by atoms with van der Waals surface area (Å²) in [4.78, 5) is 94.5. The first-order valence-corrected chi connectivity index (χ1v) is 27.6. The van der Waals surface area contributed by atoms with Crippen LogP contribution in [0.2, 0.25) is 0 Å². The lowest BCUT2D eigenvalue weighted by Crippen LogP contribution is -2.49. The van der Waals surface area contributed by atoms with E-state index < -0.39 is 71.8 Å². The average molecular weight is 1070 g/mol. The van der Waals surface area contributed by atoms with Crippen molar-refractivity contribution >= 4 is 47.8 Å². The number of carbonyl (C=O) groups is 8. The highest BCUT2D eigenvalue weighted by Gasteiger charge is 2.53. The van der Waals surface area contributed by atoms with Gasteiger partial charge in [-0.25, -0.2) is 38.4 Å². The molecule has 0 amide bonds. The van der Waals surface area contributed by atoms with Gasteiger partial charge in [0.1, 0.15) is 6.61 Å². The quantitative estimate of drug-likeness (QED) is 0.0426. The van der Waals surface area contributed by atoms with Gasteiger partial charge < -0.3 is 42.6 Å². The molecule has 0 spiro atoms. The van der Waals surface area contributed by atoms with Crippen LogP contribution in [-0.4, -0.2) is 111 Å². The van der Waals surface area contributed by atoms with Crippen LogP contribution < -0.4 is 0 Å². The van der Waals surface area contributed by atoms with Gasteiger partial charge in [-0.05, 0) is 194 Å². The fraction of sp³-hybridized carbons (Fsp3) is 0.763. The molecule has 0 aromatic carbocycles. The monoisotopic (exact) mass is 1070 g/mol. The predicted octanol–water partition coefficient (Wildman–Crippen LogP) is 9.40. The summed E-state index contributed by atoms with van der Waals surface area (Å²) in [7, 11) is 0. The van der Waals surface area contributed by atoms with Crippen LogP contribution >= 0.6 is 0 Å². The van der Waals surface area contributed by atoms with Gasteiger partial charge in [0.2, 0.25) is 11.2 Å². The summed E-state index contributed by atoms with van der Waals surface area (Å²) in [6, 6.07) is 0. The van der Waals surface area contributed by atoms with Gasteiger partial charge in [0.15, 0.2) is 18.8 Å². The second-order valence-electron chi connectivity index (χ2n) is 25.0. The van der Waals surface area contributed by atoms with Crippen molar-refractivity contribution in [2.45, 2.75) is 188 Å². The van der Waals surface area contributed by atoms with E-state index in [4.69, 9.17) is 37.9 Å². The third-order valence-electron chi connectivity index (χ3n) is 16.2.